The number of hydrogen-bond acceptors (Lipinski definition) is 4. The Hall–Kier alpha value is -0.100. The molecule has 0 aromatic heterocycles. The van der Waals surface area contributed by atoms with Gasteiger partial charge in [0.15, 0.2) is 0 Å². The molecule has 0 fully saturated rings. The summed E-state index contributed by atoms with van der Waals surface area (Å²) in [6.07, 6.45) is 11.2. The van der Waals surface area contributed by atoms with E-state index >= 15 is 0 Å². The molecule has 0 rings (SSSR count). The third-order valence-corrected chi connectivity index (χ3v) is 2.87. The largest absolute Gasteiger partial charge is 1.00 e. The summed E-state index contributed by atoms with van der Waals surface area (Å²) >= 11 is 0. The molecule has 0 aliphatic heterocycles. The van der Waals surface area contributed by atoms with Crippen molar-refractivity contribution in [3.63, 3.8) is 0 Å². The first kappa shape index (κ1) is 25.8. The number of carboxylic acids is 2. The van der Waals surface area contributed by atoms with Gasteiger partial charge >= 0.3 is 35.5 Å². The van der Waals surface area contributed by atoms with Crippen LogP contribution in [0.25, 0.3) is 0 Å². The molecule has 0 aliphatic rings. The molecular weight excluding hydrogens is 281 g/mol. The fraction of sp³-hybridized carbons (Fsp3) is 0.867. The number of carboxylic acid groups (broad SMARTS) is 2. The minimum atomic E-state index is -0.963. The molecule has 1 atom stereocenters. The van der Waals surface area contributed by atoms with Gasteiger partial charge in [-0.05, 0) is 19.8 Å². The zero-order valence-electron chi connectivity index (χ0n) is 13.9. The van der Waals surface area contributed by atoms with Gasteiger partial charge in [0.2, 0.25) is 0 Å². The van der Waals surface area contributed by atoms with E-state index in [1.54, 1.807) is 0 Å². The Bertz CT molecular complexity index is 248. The first-order valence-electron chi connectivity index (χ1n) is 7.60. The molecule has 0 aromatic rings. The number of carbonyl (C=O) groups excluding carboxylic acids is 1. The van der Waals surface area contributed by atoms with E-state index in [1.807, 2.05) is 0 Å². The van der Waals surface area contributed by atoms with Crippen molar-refractivity contribution in [3.8, 4) is 0 Å². The van der Waals surface area contributed by atoms with Crippen LogP contribution in [0.4, 0.5) is 0 Å². The quantitative estimate of drug-likeness (QED) is 0.379. The fourth-order valence-electron chi connectivity index (χ4n) is 1.58. The predicted molar refractivity (Wildman–Crippen MR) is 78.1 cm³/mol. The van der Waals surface area contributed by atoms with Gasteiger partial charge in [0.05, 0.1) is 0 Å². The summed E-state index contributed by atoms with van der Waals surface area (Å²) in [4.78, 5) is 19.7. The molecule has 0 radical (unpaired) electrons. The maximum Gasteiger partial charge on any atom is 1.00 e. The number of nitrogens with two attached hydrogens (primary N) is 1. The van der Waals surface area contributed by atoms with Crippen LogP contribution < -0.4 is 40.4 Å². The monoisotopic (exact) mass is 311 g/mol. The SMILES string of the molecule is CC(N)C(=O)O.CCCCCCCCCCCC(=O)[O-].[Na+]. The smallest absolute Gasteiger partial charge is 0.550 e. The van der Waals surface area contributed by atoms with Crippen molar-refractivity contribution in [2.45, 2.75) is 84.1 Å². The molecule has 0 heterocycles. The molecule has 0 aliphatic carbocycles. The minimum Gasteiger partial charge on any atom is -0.550 e. The van der Waals surface area contributed by atoms with Gasteiger partial charge in [-0.2, -0.15) is 0 Å². The number of unbranched alkanes of at least 4 members (excludes halogenated alkanes) is 8. The molecule has 0 amide bonds. The molecule has 0 aromatic carbocycles. The Morgan fingerprint density at radius 2 is 1.33 bits per heavy atom. The summed E-state index contributed by atoms with van der Waals surface area (Å²) in [6.45, 7) is 3.64. The van der Waals surface area contributed by atoms with Gasteiger partial charge in [-0.15, -0.1) is 0 Å². The van der Waals surface area contributed by atoms with E-state index in [0.29, 0.717) is 0 Å². The van der Waals surface area contributed by atoms with Crippen LogP contribution in [0.15, 0.2) is 0 Å². The van der Waals surface area contributed by atoms with Gasteiger partial charge in [-0.1, -0.05) is 58.3 Å². The topological polar surface area (TPSA) is 103 Å². The van der Waals surface area contributed by atoms with Gasteiger partial charge in [0.25, 0.3) is 0 Å². The average Bonchev–Trinajstić information content (AvgIpc) is 2.37. The molecule has 0 bridgehead atoms. The van der Waals surface area contributed by atoms with Crippen LogP contribution in [0.3, 0.4) is 0 Å². The van der Waals surface area contributed by atoms with Crippen molar-refractivity contribution in [2.24, 2.45) is 5.73 Å². The summed E-state index contributed by atoms with van der Waals surface area (Å²) in [5.74, 6) is -1.87. The second-order valence-corrected chi connectivity index (χ2v) is 5.08. The van der Waals surface area contributed by atoms with Crippen molar-refractivity contribution in [3.05, 3.63) is 0 Å². The Balaban J connectivity index is -0.000000394. The molecule has 21 heavy (non-hydrogen) atoms. The number of aliphatic carboxylic acids is 2. The second-order valence-electron chi connectivity index (χ2n) is 5.08. The molecular formula is C15H30NNaO4. The minimum absolute atomic E-state index is 0. The molecule has 1 unspecified atom stereocenters. The van der Waals surface area contributed by atoms with E-state index in [9.17, 15) is 14.7 Å². The molecule has 0 saturated carbocycles. The van der Waals surface area contributed by atoms with E-state index in [2.05, 4.69) is 6.92 Å². The normalized spacial score (nSPS) is 10.8. The maximum atomic E-state index is 10.1. The summed E-state index contributed by atoms with van der Waals surface area (Å²) in [5.41, 5.74) is 4.84. The van der Waals surface area contributed by atoms with Gasteiger partial charge in [-0.25, -0.2) is 0 Å². The summed E-state index contributed by atoms with van der Waals surface area (Å²) in [5, 5.41) is 18.0. The molecule has 0 saturated heterocycles. The van der Waals surface area contributed by atoms with Crippen LogP contribution in [-0.2, 0) is 9.59 Å². The summed E-state index contributed by atoms with van der Waals surface area (Å²) in [7, 11) is 0. The van der Waals surface area contributed by atoms with Crippen LogP contribution in [0.5, 0.6) is 0 Å². The van der Waals surface area contributed by atoms with Crippen LogP contribution in [0.1, 0.15) is 78.1 Å². The molecule has 5 nitrogen and oxygen atoms in total. The third-order valence-electron chi connectivity index (χ3n) is 2.87. The van der Waals surface area contributed by atoms with Crippen LogP contribution in [0, 0.1) is 0 Å². The zero-order chi connectivity index (χ0) is 15.8. The molecule has 6 heteroatoms. The van der Waals surface area contributed by atoms with Gasteiger partial charge in [0, 0.05) is 5.97 Å². The second kappa shape index (κ2) is 19.9. The predicted octanol–water partition coefficient (Wildman–Crippen LogP) is -0.921. The number of rotatable bonds is 11. The number of carbonyl (C=O) groups is 2. The van der Waals surface area contributed by atoms with Crippen molar-refractivity contribution in [1.29, 1.82) is 0 Å². The first-order valence-corrected chi connectivity index (χ1v) is 7.60. The van der Waals surface area contributed by atoms with E-state index < -0.39 is 18.0 Å². The molecule has 0 spiro atoms. The van der Waals surface area contributed by atoms with E-state index in [-0.39, 0.29) is 36.0 Å². The van der Waals surface area contributed by atoms with Crippen LogP contribution >= 0.6 is 0 Å². The van der Waals surface area contributed by atoms with Crippen molar-refractivity contribution < 1.29 is 49.4 Å². The summed E-state index contributed by atoms with van der Waals surface area (Å²) in [6, 6.07) is -0.731. The van der Waals surface area contributed by atoms with Gasteiger partial charge in [0.1, 0.15) is 6.04 Å². The van der Waals surface area contributed by atoms with Crippen LogP contribution in [-0.4, -0.2) is 23.1 Å². The Kier molecular flexibility index (Phi) is 24.5. The van der Waals surface area contributed by atoms with E-state index in [0.717, 1.165) is 12.8 Å². The Morgan fingerprint density at radius 3 is 1.62 bits per heavy atom. The molecule has 3 N–H and O–H groups in total. The molecule has 120 valence electrons. The van der Waals surface area contributed by atoms with E-state index in [1.165, 1.54) is 51.9 Å². The van der Waals surface area contributed by atoms with Crippen molar-refractivity contribution in [1.82, 2.24) is 0 Å². The maximum absolute atomic E-state index is 10.1. The Labute approximate surface area is 151 Å². The van der Waals surface area contributed by atoms with Crippen molar-refractivity contribution in [2.75, 3.05) is 0 Å². The van der Waals surface area contributed by atoms with Gasteiger partial charge in [-0.3, -0.25) is 4.79 Å². The van der Waals surface area contributed by atoms with Gasteiger partial charge < -0.3 is 20.7 Å². The van der Waals surface area contributed by atoms with Crippen LogP contribution in [0.2, 0.25) is 0 Å². The average molecular weight is 311 g/mol. The Morgan fingerprint density at radius 1 is 1.00 bits per heavy atom. The third kappa shape index (κ3) is 28.7. The summed E-state index contributed by atoms with van der Waals surface area (Å²) < 4.78 is 0. The standard InChI is InChI=1S/C12H24O2.C3H7NO2.Na/c1-2-3-4-5-6-7-8-9-10-11-12(13)14;1-2(4)3(5)6;/h2-11H2,1H3,(H,13,14);2H,4H2,1H3,(H,5,6);/q;;+1/p-1. The van der Waals surface area contributed by atoms with E-state index in [4.69, 9.17) is 10.8 Å². The first-order chi connectivity index (χ1) is 9.41. The van der Waals surface area contributed by atoms with Crippen molar-refractivity contribution >= 4 is 11.9 Å². The zero-order valence-corrected chi connectivity index (χ0v) is 15.9. The fourth-order valence-corrected chi connectivity index (χ4v) is 1.58. The number of hydrogen-bond donors (Lipinski definition) is 2.